The lowest BCUT2D eigenvalue weighted by Gasteiger charge is -2.32. The van der Waals surface area contributed by atoms with Gasteiger partial charge in [-0.2, -0.15) is 18.3 Å². The number of nitrogens with zero attached hydrogens (tertiary/aromatic N) is 3. The summed E-state index contributed by atoms with van der Waals surface area (Å²) in [6.07, 6.45) is -2.09. The number of rotatable bonds is 3. The molecule has 0 saturated carbocycles. The van der Waals surface area contributed by atoms with E-state index in [0.717, 1.165) is 6.20 Å². The highest BCUT2D eigenvalue weighted by atomic mass is 19.4. The van der Waals surface area contributed by atoms with Crippen molar-refractivity contribution in [3.8, 4) is 0 Å². The summed E-state index contributed by atoms with van der Waals surface area (Å²) in [5.41, 5.74) is -0.0430. The molecule has 0 spiro atoms. The van der Waals surface area contributed by atoms with Crippen LogP contribution < -0.4 is 0 Å². The molecule has 1 saturated heterocycles. The molecule has 0 bridgehead atoms. The third-order valence-corrected chi connectivity index (χ3v) is 3.49. The molecule has 1 amide bonds. The Bertz CT molecular complexity index is 533. The van der Waals surface area contributed by atoms with Crippen molar-refractivity contribution >= 4 is 11.9 Å². The molecule has 0 radical (unpaired) electrons. The lowest BCUT2D eigenvalue weighted by molar-refractivity contribution is -0.186. The lowest BCUT2D eigenvalue weighted by atomic mass is 9.96. The molecule has 2 rings (SSSR count). The number of hydrogen-bond acceptors (Lipinski definition) is 3. The highest BCUT2D eigenvalue weighted by Crippen LogP contribution is 2.34. The molecule has 0 aliphatic carbocycles. The molecule has 2 heterocycles. The van der Waals surface area contributed by atoms with Crippen molar-refractivity contribution < 1.29 is 27.9 Å². The molecule has 116 valence electrons. The van der Waals surface area contributed by atoms with E-state index in [-0.39, 0.29) is 43.9 Å². The first kappa shape index (κ1) is 15.3. The highest BCUT2D eigenvalue weighted by molar-refractivity contribution is 5.87. The van der Waals surface area contributed by atoms with Crippen LogP contribution in [0.25, 0.3) is 0 Å². The fourth-order valence-electron chi connectivity index (χ4n) is 2.26. The summed E-state index contributed by atoms with van der Waals surface area (Å²) in [6.45, 7) is -0.0733. The average Bonchev–Trinajstić information content (AvgIpc) is 2.86. The van der Waals surface area contributed by atoms with Gasteiger partial charge in [-0.25, -0.2) is 4.79 Å². The molecule has 0 aromatic carbocycles. The number of aromatic carboxylic acids is 1. The molecule has 9 heteroatoms. The van der Waals surface area contributed by atoms with Gasteiger partial charge in [-0.1, -0.05) is 0 Å². The van der Waals surface area contributed by atoms with E-state index in [1.165, 1.54) is 15.8 Å². The molecular weight excluding hydrogens is 291 g/mol. The van der Waals surface area contributed by atoms with Crippen molar-refractivity contribution in [1.29, 1.82) is 0 Å². The van der Waals surface area contributed by atoms with Crippen LogP contribution in [0.5, 0.6) is 0 Å². The lowest BCUT2D eigenvalue weighted by Crippen LogP contribution is -2.43. The number of carbonyl (C=O) groups excluding carboxylic acids is 1. The molecule has 1 aromatic heterocycles. The van der Waals surface area contributed by atoms with Crippen LogP contribution in [0, 0.1) is 5.92 Å². The zero-order valence-electron chi connectivity index (χ0n) is 11.0. The first-order chi connectivity index (χ1) is 9.77. The topological polar surface area (TPSA) is 75.4 Å². The summed E-state index contributed by atoms with van der Waals surface area (Å²) in [5, 5.41) is 12.5. The predicted octanol–water partition coefficient (Wildman–Crippen LogP) is 1.38. The molecule has 1 fully saturated rings. The Labute approximate surface area is 118 Å². The average molecular weight is 305 g/mol. The number of hydrogen-bond donors (Lipinski definition) is 1. The van der Waals surface area contributed by atoms with Crippen LogP contribution in [-0.4, -0.2) is 50.9 Å². The molecule has 1 aromatic rings. The Hall–Kier alpha value is -2.06. The second-order valence-corrected chi connectivity index (χ2v) is 4.93. The zero-order chi connectivity index (χ0) is 15.6. The summed E-state index contributed by atoms with van der Waals surface area (Å²) in [5.74, 6) is -2.87. The fraction of sp³-hybridized carbons (Fsp3) is 0.583. The van der Waals surface area contributed by atoms with Gasteiger partial charge in [0.15, 0.2) is 0 Å². The van der Waals surface area contributed by atoms with Crippen LogP contribution in [-0.2, 0) is 11.3 Å². The SMILES string of the molecule is O=C(O)c1cnn(CC(=O)N2CCC(C(F)(F)F)CC2)c1. The van der Waals surface area contributed by atoms with Gasteiger partial charge in [-0.05, 0) is 12.8 Å². The van der Waals surface area contributed by atoms with Gasteiger partial charge < -0.3 is 10.0 Å². The molecule has 0 unspecified atom stereocenters. The van der Waals surface area contributed by atoms with Crippen LogP contribution in [0.15, 0.2) is 12.4 Å². The van der Waals surface area contributed by atoms with Crippen LogP contribution in [0.1, 0.15) is 23.2 Å². The van der Waals surface area contributed by atoms with E-state index in [2.05, 4.69) is 5.10 Å². The van der Waals surface area contributed by atoms with Gasteiger partial charge in [0.1, 0.15) is 6.54 Å². The van der Waals surface area contributed by atoms with E-state index in [1.807, 2.05) is 0 Å². The molecule has 0 atom stereocenters. The first-order valence-corrected chi connectivity index (χ1v) is 6.37. The van der Waals surface area contributed by atoms with Gasteiger partial charge in [0.2, 0.25) is 5.91 Å². The van der Waals surface area contributed by atoms with Crippen LogP contribution in [0.2, 0.25) is 0 Å². The second kappa shape index (κ2) is 5.74. The number of piperidine rings is 1. The van der Waals surface area contributed by atoms with Crippen molar-refractivity contribution in [3.05, 3.63) is 18.0 Å². The molecule has 1 aliphatic rings. The van der Waals surface area contributed by atoms with Crippen molar-refractivity contribution in [1.82, 2.24) is 14.7 Å². The molecule has 1 aliphatic heterocycles. The largest absolute Gasteiger partial charge is 0.478 e. The Balaban J connectivity index is 1.88. The minimum absolute atomic E-state index is 0.0430. The maximum absolute atomic E-state index is 12.5. The molecule has 6 nitrogen and oxygen atoms in total. The van der Waals surface area contributed by atoms with Crippen molar-refractivity contribution in [2.24, 2.45) is 5.92 Å². The quantitative estimate of drug-likeness (QED) is 0.915. The van der Waals surface area contributed by atoms with Gasteiger partial charge >= 0.3 is 12.1 Å². The number of halogens is 3. The molecule has 21 heavy (non-hydrogen) atoms. The second-order valence-electron chi connectivity index (χ2n) is 4.93. The summed E-state index contributed by atoms with van der Waals surface area (Å²) in [4.78, 5) is 24.0. The summed E-state index contributed by atoms with van der Waals surface area (Å²) in [6, 6.07) is 0. The van der Waals surface area contributed by atoms with E-state index in [1.54, 1.807) is 0 Å². The Morgan fingerprint density at radius 2 is 1.95 bits per heavy atom. The monoisotopic (exact) mass is 305 g/mol. The normalized spacial score (nSPS) is 17.0. The number of aromatic nitrogens is 2. The van der Waals surface area contributed by atoms with Crippen molar-refractivity contribution in [2.45, 2.75) is 25.6 Å². The number of alkyl halides is 3. The van der Waals surface area contributed by atoms with Crippen LogP contribution >= 0.6 is 0 Å². The third-order valence-electron chi connectivity index (χ3n) is 3.49. The van der Waals surface area contributed by atoms with Gasteiger partial charge in [-0.15, -0.1) is 0 Å². The maximum atomic E-state index is 12.5. The third kappa shape index (κ3) is 3.73. The summed E-state index contributed by atoms with van der Waals surface area (Å²) >= 11 is 0. The first-order valence-electron chi connectivity index (χ1n) is 6.37. The van der Waals surface area contributed by atoms with E-state index in [4.69, 9.17) is 5.11 Å². The Morgan fingerprint density at radius 1 is 1.33 bits per heavy atom. The number of amides is 1. The Kier molecular flexibility index (Phi) is 4.19. The number of likely N-dealkylation sites (tertiary alicyclic amines) is 1. The van der Waals surface area contributed by atoms with Gasteiger partial charge in [0, 0.05) is 19.3 Å². The number of carboxylic acid groups (broad SMARTS) is 1. The summed E-state index contributed by atoms with van der Waals surface area (Å²) < 4.78 is 38.7. The van der Waals surface area contributed by atoms with Crippen molar-refractivity contribution in [3.63, 3.8) is 0 Å². The standard InChI is InChI=1S/C12H14F3N3O3/c13-12(14,15)9-1-3-17(4-2-9)10(19)7-18-6-8(5-16-18)11(20)21/h5-6,9H,1-4,7H2,(H,20,21). The smallest absolute Gasteiger partial charge is 0.391 e. The van der Waals surface area contributed by atoms with Crippen LogP contribution in [0.3, 0.4) is 0 Å². The number of carbonyl (C=O) groups is 2. The minimum Gasteiger partial charge on any atom is -0.478 e. The van der Waals surface area contributed by atoms with Crippen LogP contribution in [0.4, 0.5) is 13.2 Å². The van der Waals surface area contributed by atoms with Gasteiger partial charge in [0.25, 0.3) is 0 Å². The molecule has 1 N–H and O–H groups in total. The van der Waals surface area contributed by atoms with E-state index in [0.29, 0.717) is 0 Å². The summed E-state index contributed by atoms with van der Waals surface area (Å²) in [7, 11) is 0. The van der Waals surface area contributed by atoms with E-state index < -0.39 is 18.1 Å². The maximum Gasteiger partial charge on any atom is 0.391 e. The Morgan fingerprint density at radius 3 is 2.43 bits per heavy atom. The van der Waals surface area contributed by atoms with E-state index in [9.17, 15) is 22.8 Å². The van der Waals surface area contributed by atoms with E-state index >= 15 is 0 Å². The predicted molar refractivity (Wildman–Crippen MR) is 64.5 cm³/mol. The van der Waals surface area contributed by atoms with Crippen molar-refractivity contribution in [2.75, 3.05) is 13.1 Å². The van der Waals surface area contributed by atoms with Gasteiger partial charge in [-0.3, -0.25) is 9.48 Å². The van der Waals surface area contributed by atoms with Gasteiger partial charge in [0.05, 0.1) is 17.7 Å². The minimum atomic E-state index is -4.21. The molecular formula is C12H14F3N3O3. The fourth-order valence-corrected chi connectivity index (χ4v) is 2.26. The number of carboxylic acids is 1. The highest BCUT2D eigenvalue weighted by Gasteiger charge is 2.41. The zero-order valence-corrected chi connectivity index (χ0v) is 11.0.